The number of aromatic nitrogens is 1. The Balaban J connectivity index is 1.56. The lowest BCUT2D eigenvalue weighted by molar-refractivity contribution is -0.147. The van der Waals surface area contributed by atoms with E-state index in [1.54, 1.807) is 6.92 Å². The van der Waals surface area contributed by atoms with Gasteiger partial charge in [-0.3, -0.25) is 14.4 Å². The van der Waals surface area contributed by atoms with Gasteiger partial charge < -0.3 is 19.9 Å². The van der Waals surface area contributed by atoms with Crippen LogP contribution in [0.15, 0.2) is 30.5 Å². The number of carbonyl (C=O) groups is 3. The molecule has 2 aromatic rings. The molecule has 1 fully saturated rings. The van der Waals surface area contributed by atoms with Gasteiger partial charge in [-0.1, -0.05) is 56.7 Å². The smallest absolute Gasteiger partial charge is 0.306 e. The van der Waals surface area contributed by atoms with E-state index < -0.39 is 12.0 Å². The Kier molecular flexibility index (Phi) is 9.42. The number of carbonyl (C=O) groups excluding carboxylic acids is 3. The third-order valence-electron chi connectivity index (χ3n) is 7.73. The lowest BCUT2D eigenvalue weighted by Crippen LogP contribution is -2.50. The number of aryl methyl sites for hydroxylation is 1. The molecule has 1 aliphatic carbocycles. The number of para-hydroxylation sites is 1. The molecule has 0 spiro atoms. The molecule has 1 aliphatic heterocycles. The summed E-state index contributed by atoms with van der Waals surface area (Å²) in [4.78, 5) is 39.1. The number of ether oxygens (including phenoxy) is 1. The Morgan fingerprint density at radius 3 is 2.69 bits per heavy atom. The van der Waals surface area contributed by atoms with Gasteiger partial charge in [0.1, 0.15) is 6.04 Å². The third-order valence-corrected chi connectivity index (χ3v) is 7.73. The van der Waals surface area contributed by atoms with Crippen LogP contribution in [0.1, 0.15) is 76.7 Å². The number of esters is 1. The number of benzene rings is 1. The maximum absolute atomic E-state index is 13.5. The van der Waals surface area contributed by atoms with Crippen LogP contribution in [0.5, 0.6) is 0 Å². The van der Waals surface area contributed by atoms with Gasteiger partial charge in [0.25, 0.3) is 0 Å². The van der Waals surface area contributed by atoms with Gasteiger partial charge in [0.2, 0.25) is 11.8 Å². The van der Waals surface area contributed by atoms with Crippen LogP contribution in [0, 0.1) is 11.8 Å². The second-order valence-electron chi connectivity index (χ2n) is 10.4. The first-order valence-electron chi connectivity index (χ1n) is 13.9. The van der Waals surface area contributed by atoms with Gasteiger partial charge in [0.15, 0.2) is 0 Å². The highest BCUT2D eigenvalue weighted by molar-refractivity contribution is 5.91. The molecule has 0 radical (unpaired) electrons. The zero-order valence-electron chi connectivity index (χ0n) is 21.6. The summed E-state index contributed by atoms with van der Waals surface area (Å²) in [5, 5.41) is 7.22. The number of rotatable bonds is 7. The summed E-state index contributed by atoms with van der Waals surface area (Å²) < 4.78 is 7.45. The maximum atomic E-state index is 13.5. The van der Waals surface area contributed by atoms with E-state index in [1.807, 2.05) is 12.1 Å². The number of nitrogens with one attached hydrogen (secondary N) is 2. The summed E-state index contributed by atoms with van der Waals surface area (Å²) in [5.41, 5.74) is 2.22. The Labute approximate surface area is 214 Å². The fourth-order valence-corrected chi connectivity index (χ4v) is 5.84. The third kappa shape index (κ3) is 6.89. The number of hydrogen-bond donors (Lipinski definition) is 2. The molecule has 0 unspecified atom stereocenters. The van der Waals surface area contributed by atoms with Gasteiger partial charge in [0.05, 0.1) is 13.0 Å². The van der Waals surface area contributed by atoms with E-state index in [2.05, 4.69) is 33.5 Å². The minimum Gasteiger partial charge on any atom is -0.466 e. The van der Waals surface area contributed by atoms with E-state index in [-0.39, 0.29) is 24.2 Å². The number of nitrogens with zero attached hydrogens (tertiary/aromatic N) is 1. The highest BCUT2D eigenvalue weighted by atomic mass is 16.5. The van der Waals surface area contributed by atoms with Crippen molar-refractivity contribution >= 4 is 28.7 Å². The summed E-state index contributed by atoms with van der Waals surface area (Å²) in [6, 6.07) is 7.58. The molecule has 2 amide bonds. The van der Waals surface area contributed by atoms with Crippen molar-refractivity contribution < 1.29 is 19.1 Å². The van der Waals surface area contributed by atoms with E-state index in [1.165, 1.54) is 12.8 Å². The molecule has 4 rings (SSSR count). The standard InChI is InChI=1S/C29H41N3O4/c1-2-36-27(33)19-22(17-21-11-5-6-12-21)28(34)31-25-18-23-20-32(26-14-8-7-13-24(23)26)16-10-4-3-9-15-30-29(25)35/h7-8,13-14,20-22,25H,2-6,9-12,15-19H2,1H3,(H,30,35)(H,31,34)/t22-,25+/m1/s1. The van der Waals surface area contributed by atoms with Gasteiger partial charge in [-0.15, -0.1) is 0 Å². The van der Waals surface area contributed by atoms with E-state index >= 15 is 0 Å². The second-order valence-corrected chi connectivity index (χ2v) is 10.4. The van der Waals surface area contributed by atoms with Crippen molar-refractivity contribution in [2.75, 3.05) is 13.2 Å². The van der Waals surface area contributed by atoms with Gasteiger partial charge in [-0.2, -0.15) is 0 Å². The number of amides is 2. The van der Waals surface area contributed by atoms with Gasteiger partial charge in [-0.25, -0.2) is 0 Å². The average Bonchev–Trinajstić information content (AvgIpc) is 3.50. The molecule has 1 aromatic heterocycles. The quantitative estimate of drug-likeness (QED) is 0.553. The normalized spacial score (nSPS) is 20.6. The predicted molar refractivity (Wildman–Crippen MR) is 140 cm³/mol. The molecule has 2 heterocycles. The Morgan fingerprint density at radius 1 is 1.11 bits per heavy atom. The fourth-order valence-electron chi connectivity index (χ4n) is 5.84. The van der Waals surface area contributed by atoms with Crippen molar-refractivity contribution in [1.82, 2.24) is 15.2 Å². The largest absolute Gasteiger partial charge is 0.466 e. The Bertz CT molecular complexity index is 1040. The molecule has 196 valence electrons. The molecule has 1 aromatic carbocycles. The van der Waals surface area contributed by atoms with Crippen molar-refractivity contribution in [3.05, 3.63) is 36.0 Å². The van der Waals surface area contributed by atoms with Gasteiger partial charge >= 0.3 is 5.97 Å². The topological polar surface area (TPSA) is 89.4 Å². The van der Waals surface area contributed by atoms with Crippen molar-refractivity contribution in [2.24, 2.45) is 11.8 Å². The van der Waals surface area contributed by atoms with Gasteiger partial charge in [-0.05, 0) is 43.7 Å². The molecule has 2 N–H and O–H groups in total. The van der Waals surface area contributed by atoms with Crippen LogP contribution in [0.2, 0.25) is 0 Å². The van der Waals surface area contributed by atoms with Crippen molar-refractivity contribution in [2.45, 2.75) is 90.1 Å². The summed E-state index contributed by atoms with van der Waals surface area (Å²) in [5.74, 6) is -0.760. The molecule has 36 heavy (non-hydrogen) atoms. The number of fused-ring (bicyclic) bond motifs is 5. The van der Waals surface area contributed by atoms with Crippen LogP contribution < -0.4 is 10.6 Å². The Morgan fingerprint density at radius 2 is 1.89 bits per heavy atom. The first kappa shape index (κ1) is 26.2. The monoisotopic (exact) mass is 495 g/mol. The summed E-state index contributed by atoms with van der Waals surface area (Å²) in [6.07, 6.45) is 12.0. The number of hydrogen-bond acceptors (Lipinski definition) is 4. The van der Waals surface area contributed by atoms with Crippen LogP contribution in [-0.4, -0.2) is 41.5 Å². The SMILES string of the molecule is CCOC(=O)C[C@@H](CC1CCCC1)C(=O)N[C@H]1Cc2cn(c3ccccc23)CCCCCCNC1=O. The highest BCUT2D eigenvalue weighted by Crippen LogP contribution is 2.32. The highest BCUT2D eigenvalue weighted by Gasteiger charge is 2.31. The lowest BCUT2D eigenvalue weighted by Gasteiger charge is -2.24. The van der Waals surface area contributed by atoms with Crippen molar-refractivity contribution in [1.29, 1.82) is 0 Å². The van der Waals surface area contributed by atoms with E-state index in [9.17, 15) is 14.4 Å². The van der Waals surface area contributed by atoms with Crippen LogP contribution in [-0.2, 0) is 32.1 Å². The van der Waals surface area contributed by atoms with E-state index in [4.69, 9.17) is 4.74 Å². The van der Waals surface area contributed by atoms with Crippen LogP contribution in [0.4, 0.5) is 0 Å². The molecule has 2 bridgehead atoms. The van der Waals surface area contributed by atoms with Crippen LogP contribution in [0.25, 0.3) is 10.9 Å². The predicted octanol–water partition coefficient (Wildman–Crippen LogP) is 4.51. The first-order chi connectivity index (χ1) is 17.5. The summed E-state index contributed by atoms with van der Waals surface area (Å²) in [7, 11) is 0. The maximum Gasteiger partial charge on any atom is 0.306 e. The molecule has 1 saturated carbocycles. The van der Waals surface area contributed by atoms with Gasteiger partial charge in [0, 0.05) is 42.5 Å². The van der Waals surface area contributed by atoms with Crippen LogP contribution >= 0.6 is 0 Å². The summed E-state index contributed by atoms with van der Waals surface area (Å²) >= 11 is 0. The molecule has 7 heteroatoms. The van der Waals surface area contributed by atoms with Crippen molar-refractivity contribution in [3.63, 3.8) is 0 Å². The Hall–Kier alpha value is -2.83. The van der Waals surface area contributed by atoms with Crippen molar-refractivity contribution in [3.8, 4) is 0 Å². The first-order valence-corrected chi connectivity index (χ1v) is 13.9. The second kappa shape index (κ2) is 12.9. The minimum atomic E-state index is -0.689. The summed E-state index contributed by atoms with van der Waals surface area (Å²) in [6.45, 7) is 3.63. The average molecular weight is 496 g/mol. The van der Waals surface area contributed by atoms with Crippen LogP contribution in [0.3, 0.4) is 0 Å². The molecule has 2 atom stereocenters. The molecular formula is C29H41N3O4. The molecule has 2 aliphatic rings. The zero-order valence-corrected chi connectivity index (χ0v) is 21.6. The molecule has 0 saturated heterocycles. The lowest BCUT2D eigenvalue weighted by atomic mass is 9.89. The fraction of sp³-hybridized carbons (Fsp3) is 0.621. The zero-order chi connectivity index (χ0) is 25.3. The molecular weight excluding hydrogens is 454 g/mol. The molecule has 7 nitrogen and oxygen atoms in total. The van der Waals surface area contributed by atoms with E-state index in [0.29, 0.717) is 31.9 Å². The minimum absolute atomic E-state index is 0.0593. The van der Waals surface area contributed by atoms with E-state index in [0.717, 1.165) is 61.5 Å².